The maximum atomic E-state index is 12.0. The first-order valence-corrected chi connectivity index (χ1v) is 8.40. The van der Waals surface area contributed by atoms with E-state index in [2.05, 4.69) is 4.18 Å². The van der Waals surface area contributed by atoms with Gasteiger partial charge in [0.1, 0.15) is 0 Å². The molecule has 114 valence electrons. The Morgan fingerprint density at radius 2 is 1.70 bits per heavy atom. The van der Waals surface area contributed by atoms with Crippen molar-refractivity contribution in [3.63, 3.8) is 0 Å². The molecule has 0 aliphatic heterocycles. The third kappa shape index (κ3) is 4.46. The zero-order valence-corrected chi connectivity index (χ0v) is 12.1. The van der Waals surface area contributed by atoms with Crippen LogP contribution in [-0.4, -0.2) is 35.9 Å². The van der Waals surface area contributed by atoms with Gasteiger partial charge in [0.2, 0.25) is 0 Å². The number of rotatable bonds is 4. The number of aryl methyl sites for hydroxylation is 1. The minimum Gasteiger partial charge on any atom is -0.257 e. The van der Waals surface area contributed by atoms with Crippen LogP contribution in [0.5, 0.6) is 0 Å². The predicted molar refractivity (Wildman–Crippen MR) is 63.5 cm³/mol. The lowest BCUT2D eigenvalue weighted by Gasteiger charge is -2.11. The maximum Gasteiger partial charge on any atom is 0.413 e. The van der Waals surface area contributed by atoms with Gasteiger partial charge in [0.15, 0.2) is 16.4 Å². The lowest BCUT2D eigenvalue weighted by Crippen LogP contribution is -2.21. The smallest absolute Gasteiger partial charge is 0.257 e. The van der Waals surface area contributed by atoms with Crippen LogP contribution in [0.1, 0.15) is 5.56 Å². The quantitative estimate of drug-likeness (QED) is 0.784. The van der Waals surface area contributed by atoms with Crippen LogP contribution in [-0.2, 0) is 24.1 Å². The summed E-state index contributed by atoms with van der Waals surface area (Å²) < 4.78 is 85.8. The highest BCUT2D eigenvalue weighted by Crippen LogP contribution is 2.24. The van der Waals surface area contributed by atoms with Crippen LogP contribution in [0.3, 0.4) is 0 Å². The zero-order valence-electron chi connectivity index (χ0n) is 10.4. The molecular weight excluding hydrogens is 321 g/mol. The molecule has 10 heteroatoms. The lowest BCUT2D eigenvalue weighted by molar-refractivity contribution is -0.152. The van der Waals surface area contributed by atoms with Crippen LogP contribution in [0.15, 0.2) is 28.0 Å². The molecule has 0 atom stereocenters. The highest BCUT2D eigenvalue weighted by atomic mass is 32.2. The van der Waals surface area contributed by atoms with Crippen molar-refractivity contribution in [2.24, 2.45) is 0 Å². The van der Waals surface area contributed by atoms with Crippen molar-refractivity contribution in [3.05, 3.63) is 23.8 Å². The monoisotopic (exact) mass is 332 g/mol. The van der Waals surface area contributed by atoms with E-state index in [9.17, 15) is 30.0 Å². The first kappa shape index (κ1) is 16.9. The molecule has 0 heterocycles. The summed E-state index contributed by atoms with van der Waals surface area (Å²) in [5, 5.41) is 0. The second-order valence-corrected chi connectivity index (χ2v) is 7.63. The molecule has 0 amide bonds. The number of alkyl halides is 3. The van der Waals surface area contributed by atoms with E-state index in [1.54, 1.807) is 0 Å². The molecule has 0 aliphatic carbocycles. The van der Waals surface area contributed by atoms with E-state index in [1.165, 1.54) is 13.0 Å². The van der Waals surface area contributed by atoms with Crippen molar-refractivity contribution >= 4 is 20.0 Å². The summed E-state index contributed by atoms with van der Waals surface area (Å²) in [6.45, 7) is -0.659. The van der Waals surface area contributed by atoms with E-state index < -0.39 is 37.6 Å². The summed E-state index contributed by atoms with van der Waals surface area (Å²) in [7, 11) is -8.38. The van der Waals surface area contributed by atoms with Gasteiger partial charge in [0, 0.05) is 6.26 Å². The summed E-state index contributed by atoms with van der Waals surface area (Å²) in [5.74, 6) is 0. The average molecular weight is 332 g/mol. The summed E-state index contributed by atoms with van der Waals surface area (Å²) in [4.78, 5) is -0.929. The summed E-state index contributed by atoms with van der Waals surface area (Å²) >= 11 is 0. The molecule has 0 N–H and O–H groups in total. The van der Waals surface area contributed by atoms with Crippen LogP contribution in [0.25, 0.3) is 0 Å². The fourth-order valence-electron chi connectivity index (χ4n) is 1.29. The third-order valence-electron chi connectivity index (χ3n) is 2.23. The number of benzene rings is 1. The molecule has 0 fully saturated rings. The number of hydrogen-bond acceptors (Lipinski definition) is 5. The van der Waals surface area contributed by atoms with E-state index in [-0.39, 0.29) is 10.5 Å². The largest absolute Gasteiger partial charge is 0.413 e. The van der Waals surface area contributed by atoms with Crippen LogP contribution in [0.4, 0.5) is 13.2 Å². The Morgan fingerprint density at radius 1 is 1.15 bits per heavy atom. The third-order valence-corrected chi connectivity index (χ3v) is 4.75. The second kappa shape index (κ2) is 5.34. The number of sulfone groups is 1. The Bertz CT molecular complexity index is 705. The summed E-state index contributed by atoms with van der Waals surface area (Å²) in [6, 6.07) is 3.12. The van der Waals surface area contributed by atoms with Crippen molar-refractivity contribution in [2.75, 3.05) is 12.9 Å². The van der Waals surface area contributed by atoms with E-state index in [4.69, 9.17) is 0 Å². The van der Waals surface area contributed by atoms with Crippen molar-refractivity contribution in [3.8, 4) is 0 Å². The Morgan fingerprint density at radius 3 is 2.15 bits per heavy atom. The van der Waals surface area contributed by atoms with Gasteiger partial charge in [-0.1, -0.05) is 6.07 Å². The second-order valence-electron chi connectivity index (χ2n) is 4.03. The van der Waals surface area contributed by atoms with Gasteiger partial charge in [0.25, 0.3) is 10.1 Å². The Labute approximate surface area is 114 Å². The van der Waals surface area contributed by atoms with Crippen LogP contribution < -0.4 is 0 Å². The molecule has 0 bridgehead atoms. The van der Waals surface area contributed by atoms with Crippen molar-refractivity contribution in [1.82, 2.24) is 0 Å². The first-order valence-electron chi connectivity index (χ1n) is 5.10. The first-order chi connectivity index (χ1) is 8.83. The molecule has 20 heavy (non-hydrogen) atoms. The Balaban J connectivity index is 3.25. The minimum absolute atomic E-state index is 0.0829. The van der Waals surface area contributed by atoms with E-state index in [0.29, 0.717) is 0 Å². The van der Waals surface area contributed by atoms with Gasteiger partial charge in [0.05, 0.1) is 9.79 Å². The molecule has 0 saturated carbocycles. The molecule has 0 unspecified atom stereocenters. The molecule has 1 aromatic rings. The van der Waals surface area contributed by atoms with Crippen molar-refractivity contribution in [2.45, 2.75) is 22.9 Å². The highest BCUT2D eigenvalue weighted by Gasteiger charge is 2.32. The predicted octanol–water partition coefficient (Wildman–Crippen LogP) is 1.67. The molecule has 5 nitrogen and oxygen atoms in total. The molecule has 0 radical (unpaired) electrons. The number of hydrogen-bond donors (Lipinski definition) is 0. The molecule has 0 saturated heterocycles. The zero-order chi connectivity index (χ0) is 15.8. The summed E-state index contributed by atoms with van der Waals surface area (Å²) in [5.41, 5.74) is 0.0829. The Hall–Kier alpha value is -1.13. The fourth-order valence-corrected chi connectivity index (χ4v) is 3.16. The normalized spacial score (nSPS) is 13.4. The van der Waals surface area contributed by atoms with Gasteiger partial charge in [-0.05, 0) is 24.6 Å². The number of halogens is 3. The van der Waals surface area contributed by atoms with E-state index in [0.717, 1.165) is 18.4 Å². The van der Waals surface area contributed by atoms with Gasteiger partial charge >= 0.3 is 6.18 Å². The highest BCUT2D eigenvalue weighted by molar-refractivity contribution is 7.90. The van der Waals surface area contributed by atoms with Crippen LogP contribution in [0.2, 0.25) is 0 Å². The van der Waals surface area contributed by atoms with Gasteiger partial charge in [-0.2, -0.15) is 21.6 Å². The molecule has 1 aromatic carbocycles. The standard InChI is InChI=1S/C10H11F3O5S2/c1-7-3-4-8(19(2,14)15)5-9(7)20(16,17)18-6-10(11,12)13/h3-5H,6H2,1-2H3. The molecule has 1 rings (SSSR count). The van der Waals surface area contributed by atoms with Gasteiger partial charge < -0.3 is 0 Å². The van der Waals surface area contributed by atoms with Crippen LogP contribution in [0, 0.1) is 6.92 Å². The molecule has 0 spiro atoms. The van der Waals surface area contributed by atoms with E-state index in [1.807, 2.05) is 0 Å². The van der Waals surface area contributed by atoms with Gasteiger partial charge in [-0.25, -0.2) is 8.42 Å². The SMILES string of the molecule is Cc1ccc(S(C)(=O)=O)cc1S(=O)(=O)OCC(F)(F)F. The molecule has 0 aliphatic rings. The molecular formula is C10H11F3O5S2. The fraction of sp³-hybridized carbons (Fsp3) is 0.400. The van der Waals surface area contributed by atoms with Crippen molar-refractivity contribution < 1.29 is 34.2 Å². The van der Waals surface area contributed by atoms with E-state index >= 15 is 0 Å². The van der Waals surface area contributed by atoms with Gasteiger partial charge in [-0.3, -0.25) is 4.18 Å². The minimum atomic E-state index is -4.81. The lowest BCUT2D eigenvalue weighted by atomic mass is 10.2. The summed E-state index contributed by atoms with van der Waals surface area (Å²) in [6.07, 6.45) is -3.96. The topological polar surface area (TPSA) is 77.5 Å². The maximum absolute atomic E-state index is 12.0. The molecule has 0 aromatic heterocycles. The average Bonchev–Trinajstić information content (AvgIpc) is 2.24. The van der Waals surface area contributed by atoms with Crippen molar-refractivity contribution in [1.29, 1.82) is 0 Å². The Kier molecular flexibility index (Phi) is 4.52. The van der Waals surface area contributed by atoms with Gasteiger partial charge in [-0.15, -0.1) is 0 Å². The van der Waals surface area contributed by atoms with Crippen LogP contribution >= 0.6 is 0 Å².